The van der Waals surface area contributed by atoms with Crippen LogP contribution in [-0.4, -0.2) is 5.97 Å². The molecular formula is C21H22F2O2. The Morgan fingerprint density at radius 2 is 1.84 bits per heavy atom. The minimum absolute atomic E-state index is 0.0614. The van der Waals surface area contributed by atoms with E-state index in [1.165, 1.54) is 49.6 Å². The number of hydrogen-bond donors (Lipinski definition) is 0. The number of carbonyl (C=O) groups excluding carboxylic acids is 1. The SMILES string of the molecule is CCC1CCC(c2ccc(C(=O)Oc3cccc(F)c3)c(F)c2)CC1. The maximum Gasteiger partial charge on any atom is 0.346 e. The summed E-state index contributed by atoms with van der Waals surface area (Å²) in [6, 6.07) is 9.96. The molecule has 0 radical (unpaired) electrons. The summed E-state index contributed by atoms with van der Waals surface area (Å²) in [4.78, 5) is 12.1. The van der Waals surface area contributed by atoms with E-state index in [9.17, 15) is 13.6 Å². The fraction of sp³-hybridized carbons (Fsp3) is 0.381. The average Bonchev–Trinajstić information content (AvgIpc) is 2.61. The van der Waals surface area contributed by atoms with Crippen molar-refractivity contribution in [3.05, 3.63) is 65.2 Å². The van der Waals surface area contributed by atoms with Gasteiger partial charge in [0.15, 0.2) is 0 Å². The zero-order chi connectivity index (χ0) is 17.8. The van der Waals surface area contributed by atoms with Crippen molar-refractivity contribution < 1.29 is 18.3 Å². The molecule has 3 rings (SSSR count). The second-order valence-corrected chi connectivity index (χ2v) is 6.71. The van der Waals surface area contributed by atoms with Crippen LogP contribution in [0.2, 0.25) is 0 Å². The number of esters is 1. The average molecular weight is 344 g/mol. The van der Waals surface area contributed by atoms with Crippen molar-refractivity contribution in [2.75, 3.05) is 0 Å². The second-order valence-electron chi connectivity index (χ2n) is 6.71. The maximum absolute atomic E-state index is 14.4. The lowest BCUT2D eigenvalue weighted by Crippen LogP contribution is -2.14. The van der Waals surface area contributed by atoms with Crippen molar-refractivity contribution in [2.45, 2.75) is 44.9 Å². The Hall–Kier alpha value is -2.23. The van der Waals surface area contributed by atoms with Crippen LogP contribution in [-0.2, 0) is 0 Å². The Balaban J connectivity index is 1.70. The van der Waals surface area contributed by atoms with Gasteiger partial charge in [0.1, 0.15) is 17.4 Å². The number of hydrogen-bond acceptors (Lipinski definition) is 2. The summed E-state index contributed by atoms with van der Waals surface area (Å²) in [5.41, 5.74) is 0.810. The number of halogens is 2. The van der Waals surface area contributed by atoms with Gasteiger partial charge in [0.25, 0.3) is 0 Å². The molecule has 132 valence electrons. The van der Waals surface area contributed by atoms with Crippen LogP contribution in [0.3, 0.4) is 0 Å². The molecule has 0 aliphatic heterocycles. The standard InChI is InChI=1S/C21H22F2O2/c1-2-14-6-8-15(9-7-14)16-10-11-19(20(23)12-16)21(24)25-18-5-3-4-17(22)13-18/h3-5,10-15H,2,6-9H2,1H3. The molecule has 0 spiro atoms. The first-order chi connectivity index (χ1) is 12.1. The van der Waals surface area contributed by atoms with Crippen LogP contribution in [0.15, 0.2) is 42.5 Å². The highest BCUT2D eigenvalue weighted by atomic mass is 19.1. The van der Waals surface area contributed by atoms with Gasteiger partial charge in [-0.1, -0.05) is 25.5 Å². The van der Waals surface area contributed by atoms with Crippen molar-refractivity contribution in [1.29, 1.82) is 0 Å². The second kappa shape index (κ2) is 7.77. The molecule has 0 heterocycles. The summed E-state index contributed by atoms with van der Waals surface area (Å²) in [5.74, 6) is -0.719. The quantitative estimate of drug-likeness (QED) is 0.512. The molecule has 1 saturated carbocycles. The number of rotatable bonds is 4. The molecule has 2 aromatic carbocycles. The molecule has 1 aliphatic rings. The molecule has 25 heavy (non-hydrogen) atoms. The molecular weight excluding hydrogens is 322 g/mol. The lowest BCUT2D eigenvalue weighted by Gasteiger charge is -2.28. The Kier molecular flexibility index (Phi) is 5.47. The summed E-state index contributed by atoms with van der Waals surface area (Å²) < 4.78 is 32.6. The lowest BCUT2D eigenvalue weighted by atomic mass is 9.78. The van der Waals surface area contributed by atoms with Gasteiger partial charge in [0, 0.05) is 6.07 Å². The molecule has 4 heteroatoms. The molecule has 2 nitrogen and oxygen atoms in total. The first-order valence-electron chi connectivity index (χ1n) is 8.84. The Morgan fingerprint density at radius 1 is 1.08 bits per heavy atom. The van der Waals surface area contributed by atoms with Gasteiger partial charge in [-0.25, -0.2) is 13.6 Å². The third-order valence-corrected chi connectivity index (χ3v) is 5.12. The first kappa shape index (κ1) is 17.6. The van der Waals surface area contributed by atoms with Crippen LogP contribution >= 0.6 is 0 Å². The largest absolute Gasteiger partial charge is 0.423 e. The molecule has 0 amide bonds. The number of carbonyl (C=O) groups is 1. The fourth-order valence-electron chi connectivity index (χ4n) is 3.55. The van der Waals surface area contributed by atoms with Gasteiger partial charge < -0.3 is 4.74 Å². The monoisotopic (exact) mass is 344 g/mol. The van der Waals surface area contributed by atoms with E-state index < -0.39 is 17.6 Å². The highest BCUT2D eigenvalue weighted by Gasteiger charge is 2.23. The van der Waals surface area contributed by atoms with E-state index in [4.69, 9.17) is 4.74 Å². The highest BCUT2D eigenvalue weighted by molar-refractivity contribution is 5.91. The van der Waals surface area contributed by atoms with Crippen LogP contribution in [0.5, 0.6) is 5.75 Å². The predicted octanol–water partition coefficient (Wildman–Crippen LogP) is 5.87. The van der Waals surface area contributed by atoms with E-state index in [1.807, 2.05) is 6.07 Å². The molecule has 0 aromatic heterocycles. The van der Waals surface area contributed by atoms with E-state index in [-0.39, 0.29) is 11.3 Å². The zero-order valence-electron chi connectivity index (χ0n) is 14.3. The van der Waals surface area contributed by atoms with Gasteiger partial charge in [-0.05, 0) is 67.3 Å². The molecule has 2 aromatic rings. The van der Waals surface area contributed by atoms with E-state index in [2.05, 4.69) is 6.92 Å². The molecule has 0 atom stereocenters. The van der Waals surface area contributed by atoms with Crippen molar-refractivity contribution in [1.82, 2.24) is 0 Å². The normalized spacial score (nSPS) is 20.3. The Morgan fingerprint density at radius 3 is 2.48 bits per heavy atom. The fourth-order valence-corrected chi connectivity index (χ4v) is 3.55. The van der Waals surface area contributed by atoms with E-state index in [0.717, 1.165) is 30.4 Å². The van der Waals surface area contributed by atoms with Crippen LogP contribution in [0, 0.1) is 17.6 Å². The summed E-state index contributed by atoms with van der Waals surface area (Å²) >= 11 is 0. The van der Waals surface area contributed by atoms with Crippen molar-refractivity contribution in [3.8, 4) is 5.75 Å². The van der Waals surface area contributed by atoms with Gasteiger partial charge >= 0.3 is 5.97 Å². The van der Waals surface area contributed by atoms with Gasteiger partial charge in [0.2, 0.25) is 0 Å². The first-order valence-corrected chi connectivity index (χ1v) is 8.84. The van der Waals surface area contributed by atoms with Crippen LogP contribution in [0.4, 0.5) is 8.78 Å². The lowest BCUT2D eigenvalue weighted by molar-refractivity contribution is 0.0729. The molecule has 0 saturated heterocycles. The van der Waals surface area contributed by atoms with E-state index in [0.29, 0.717) is 5.92 Å². The molecule has 1 aliphatic carbocycles. The van der Waals surface area contributed by atoms with Crippen LogP contribution in [0.25, 0.3) is 0 Å². The van der Waals surface area contributed by atoms with Gasteiger partial charge in [0.05, 0.1) is 5.56 Å². The number of benzene rings is 2. The zero-order valence-corrected chi connectivity index (χ0v) is 14.3. The minimum Gasteiger partial charge on any atom is -0.423 e. The Labute approximate surface area is 146 Å². The van der Waals surface area contributed by atoms with Crippen LogP contribution in [0.1, 0.15) is 60.9 Å². The van der Waals surface area contributed by atoms with E-state index >= 15 is 0 Å². The topological polar surface area (TPSA) is 26.3 Å². The third kappa shape index (κ3) is 4.25. The predicted molar refractivity (Wildman–Crippen MR) is 92.7 cm³/mol. The van der Waals surface area contributed by atoms with Crippen LogP contribution < -0.4 is 4.74 Å². The smallest absolute Gasteiger partial charge is 0.346 e. The highest BCUT2D eigenvalue weighted by Crippen LogP contribution is 2.37. The summed E-state index contributed by atoms with van der Waals surface area (Å²) in [6.07, 6.45) is 5.67. The van der Waals surface area contributed by atoms with Gasteiger partial charge in [-0.2, -0.15) is 0 Å². The molecule has 0 bridgehead atoms. The Bertz CT molecular complexity index is 749. The third-order valence-electron chi connectivity index (χ3n) is 5.12. The molecule has 0 unspecified atom stereocenters. The molecule has 1 fully saturated rings. The van der Waals surface area contributed by atoms with Gasteiger partial charge in [-0.15, -0.1) is 0 Å². The van der Waals surface area contributed by atoms with Crippen molar-refractivity contribution in [3.63, 3.8) is 0 Å². The minimum atomic E-state index is -0.815. The number of ether oxygens (including phenoxy) is 1. The molecule has 0 N–H and O–H groups in total. The van der Waals surface area contributed by atoms with Gasteiger partial charge in [-0.3, -0.25) is 0 Å². The van der Waals surface area contributed by atoms with Crippen molar-refractivity contribution >= 4 is 5.97 Å². The summed E-state index contributed by atoms with van der Waals surface area (Å²) in [7, 11) is 0. The summed E-state index contributed by atoms with van der Waals surface area (Å²) in [6.45, 7) is 2.21. The van der Waals surface area contributed by atoms with Crippen molar-refractivity contribution in [2.24, 2.45) is 5.92 Å². The maximum atomic E-state index is 14.4. The van der Waals surface area contributed by atoms with E-state index in [1.54, 1.807) is 0 Å². The summed E-state index contributed by atoms with van der Waals surface area (Å²) in [5, 5.41) is 0.